The molecule has 1 amide bonds. The van der Waals surface area contributed by atoms with E-state index in [2.05, 4.69) is 4.98 Å². The maximum atomic E-state index is 12.7. The van der Waals surface area contributed by atoms with Crippen molar-refractivity contribution < 1.29 is 14.7 Å². The molecule has 1 aliphatic heterocycles. The van der Waals surface area contributed by atoms with E-state index in [1.807, 2.05) is 31.2 Å². The fourth-order valence-electron chi connectivity index (χ4n) is 2.89. The summed E-state index contributed by atoms with van der Waals surface area (Å²) in [6.07, 6.45) is 3.50. The van der Waals surface area contributed by atoms with Gasteiger partial charge in [0.05, 0.1) is 12.0 Å². The van der Waals surface area contributed by atoms with Crippen molar-refractivity contribution in [2.45, 2.75) is 19.3 Å². The maximum absolute atomic E-state index is 12.7. The summed E-state index contributed by atoms with van der Waals surface area (Å²) < 4.78 is 0. The Morgan fingerprint density at radius 1 is 1.33 bits per heavy atom. The van der Waals surface area contributed by atoms with E-state index >= 15 is 0 Å². The molecule has 21 heavy (non-hydrogen) atoms. The highest BCUT2D eigenvalue weighted by molar-refractivity contribution is 6.08. The Hall–Kier alpha value is -2.56. The summed E-state index contributed by atoms with van der Waals surface area (Å²) in [5.74, 6) is -1.09. The number of carboxylic acids is 1. The molecule has 108 valence electrons. The van der Waals surface area contributed by atoms with E-state index < -0.39 is 5.97 Å². The van der Waals surface area contributed by atoms with E-state index in [1.165, 1.54) is 0 Å². The zero-order valence-corrected chi connectivity index (χ0v) is 11.7. The number of nitrogens with one attached hydrogen (secondary N) is 1. The minimum atomic E-state index is -0.845. The Morgan fingerprint density at radius 3 is 2.76 bits per heavy atom. The molecule has 0 fully saturated rings. The lowest BCUT2D eigenvalue weighted by Gasteiger charge is -2.17. The molecule has 5 heteroatoms. The average Bonchev–Trinajstić information content (AvgIpc) is 3.02. The summed E-state index contributed by atoms with van der Waals surface area (Å²) in [4.78, 5) is 28.3. The van der Waals surface area contributed by atoms with E-state index in [4.69, 9.17) is 5.11 Å². The van der Waals surface area contributed by atoms with Gasteiger partial charge in [0.2, 0.25) is 0 Å². The van der Waals surface area contributed by atoms with Crippen LogP contribution in [0.25, 0.3) is 0 Å². The van der Waals surface area contributed by atoms with Crippen molar-refractivity contribution >= 4 is 17.6 Å². The number of nitrogens with zero attached hydrogens (tertiary/aromatic N) is 1. The van der Waals surface area contributed by atoms with Crippen LogP contribution >= 0.6 is 0 Å². The van der Waals surface area contributed by atoms with Crippen LogP contribution in [0, 0.1) is 6.92 Å². The second kappa shape index (κ2) is 5.09. The summed E-state index contributed by atoms with van der Waals surface area (Å²) in [7, 11) is 0. The zero-order valence-electron chi connectivity index (χ0n) is 11.7. The molecular formula is C16H16N2O3. The number of carbonyl (C=O) groups excluding carboxylic acids is 1. The first-order valence-electron chi connectivity index (χ1n) is 6.84. The number of para-hydroxylation sites is 1. The first-order valence-corrected chi connectivity index (χ1v) is 6.84. The monoisotopic (exact) mass is 284 g/mol. The molecule has 1 aromatic heterocycles. The van der Waals surface area contributed by atoms with Crippen molar-refractivity contribution in [3.8, 4) is 0 Å². The van der Waals surface area contributed by atoms with Crippen LogP contribution in [-0.2, 0) is 4.79 Å². The van der Waals surface area contributed by atoms with E-state index in [0.717, 1.165) is 16.8 Å². The van der Waals surface area contributed by atoms with Crippen molar-refractivity contribution in [2.75, 3.05) is 11.4 Å². The van der Waals surface area contributed by atoms with Gasteiger partial charge in [0.1, 0.15) is 0 Å². The first kappa shape index (κ1) is 13.4. The molecule has 1 unspecified atom stereocenters. The van der Waals surface area contributed by atoms with Crippen molar-refractivity contribution in [1.29, 1.82) is 0 Å². The van der Waals surface area contributed by atoms with Crippen LogP contribution in [0.1, 0.15) is 33.8 Å². The Bertz CT molecular complexity index is 705. The van der Waals surface area contributed by atoms with Gasteiger partial charge in [-0.25, -0.2) is 0 Å². The number of aromatic nitrogens is 1. The summed E-state index contributed by atoms with van der Waals surface area (Å²) in [5, 5.41) is 9.04. The molecule has 5 nitrogen and oxygen atoms in total. The Balaban J connectivity index is 1.96. The number of aryl methyl sites for hydroxylation is 1. The van der Waals surface area contributed by atoms with E-state index in [0.29, 0.717) is 12.1 Å². The topological polar surface area (TPSA) is 73.4 Å². The van der Waals surface area contributed by atoms with Gasteiger partial charge in [0, 0.05) is 30.5 Å². The molecule has 2 heterocycles. The number of carbonyl (C=O) groups is 2. The molecular weight excluding hydrogens is 268 g/mol. The van der Waals surface area contributed by atoms with Gasteiger partial charge in [-0.1, -0.05) is 18.2 Å². The third kappa shape index (κ3) is 2.31. The van der Waals surface area contributed by atoms with Crippen LogP contribution in [-0.4, -0.2) is 28.5 Å². The van der Waals surface area contributed by atoms with Crippen LogP contribution in [0.15, 0.2) is 36.7 Å². The number of amides is 1. The number of fused-ring (bicyclic) bond motifs is 1. The molecule has 0 spiro atoms. The maximum Gasteiger partial charge on any atom is 0.304 e. The number of aliphatic carboxylic acids is 1. The SMILES string of the molecule is Cc1c[nH]cc1C(=O)N1CC(CC(=O)O)c2ccccc21. The van der Waals surface area contributed by atoms with Crippen molar-refractivity contribution in [3.05, 3.63) is 53.3 Å². The Kier molecular flexibility index (Phi) is 3.25. The lowest BCUT2D eigenvalue weighted by atomic mass is 9.98. The van der Waals surface area contributed by atoms with Gasteiger partial charge < -0.3 is 15.0 Å². The summed E-state index contributed by atoms with van der Waals surface area (Å²) in [5.41, 5.74) is 3.26. The van der Waals surface area contributed by atoms with Crippen LogP contribution in [0.5, 0.6) is 0 Å². The molecule has 0 saturated carbocycles. The highest BCUT2D eigenvalue weighted by atomic mass is 16.4. The van der Waals surface area contributed by atoms with Crippen molar-refractivity contribution in [3.63, 3.8) is 0 Å². The standard InChI is InChI=1S/C16H16N2O3/c1-10-7-17-8-13(10)16(21)18-9-11(6-15(19)20)12-4-2-3-5-14(12)18/h2-5,7-8,11,17H,6,9H2,1H3,(H,19,20). The third-order valence-electron chi connectivity index (χ3n) is 3.92. The molecule has 1 aliphatic rings. The number of benzene rings is 1. The van der Waals surface area contributed by atoms with Gasteiger partial charge in [-0.15, -0.1) is 0 Å². The highest BCUT2D eigenvalue weighted by Crippen LogP contribution is 2.38. The number of rotatable bonds is 3. The molecule has 3 rings (SSSR count). The minimum Gasteiger partial charge on any atom is -0.481 e. The van der Waals surface area contributed by atoms with Crippen molar-refractivity contribution in [2.24, 2.45) is 0 Å². The summed E-state index contributed by atoms with van der Waals surface area (Å²) >= 11 is 0. The third-order valence-corrected chi connectivity index (χ3v) is 3.92. The van der Waals surface area contributed by atoms with Gasteiger partial charge in [-0.05, 0) is 24.1 Å². The lowest BCUT2D eigenvalue weighted by molar-refractivity contribution is -0.137. The van der Waals surface area contributed by atoms with Crippen LogP contribution in [0.4, 0.5) is 5.69 Å². The average molecular weight is 284 g/mol. The van der Waals surface area contributed by atoms with Crippen molar-refractivity contribution in [1.82, 2.24) is 4.98 Å². The predicted molar refractivity (Wildman–Crippen MR) is 78.6 cm³/mol. The summed E-state index contributed by atoms with van der Waals surface area (Å²) in [6, 6.07) is 7.52. The second-order valence-electron chi connectivity index (χ2n) is 5.32. The predicted octanol–water partition coefficient (Wildman–Crippen LogP) is 2.54. The molecule has 1 aromatic carbocycles. The van der Waals surface area contributed by atoms with Crippen LogP contribution < -0.4 is 4.90 Å². The van der Waals surface area contributed by atoms with E-state index in [-0.39, 0.29) is 18.2 Å². The zero-order chi connectivity index (χ0) is 15.0. The number of anilines is 1. The molecule has 0 bridgehead atoms. The quantitative estimate of drug-likeness (QED) is 0.909. The molecule has 0 radical (unpaired) electrons. The summed E-state index contributed by atoms with van der Waals surface area (Å²) in [6.45, 7) is 2.29. The van der Waals surface area contributed by atoms with Gasteiger partial charge in [0.25, 0.3) is 5.91 Å². The fraction of sp³-hybridized carbons (Fsp3) is 0.250. The smallest absolute Gasteiger partial charge is 0.304 e. The largest absolute Gasteiger partial charge is 0.481 e. The Morgan fingerprint density at radius 2 is 2.10 bits per heavy atom. The molecule has 2 aromatic rings. The normalized spacial score (nSPS) is 16.8. The van der Waals surface area contributed by atoms with E-state index in [1.54, 1.807) is 17.3 Å². The lowest BCUT2D eigenvalue weighted by Crippen LogP contribution is -2.30. The highest BCUT2D eigenvalue weighted by Gasteiger charge is 2.34. The van der Waals surface area contributed by atoms with Gasteiger partial charge in [-0.3, -0.25) is 9.59 Å². The van der Waals surface area contributed by atoms with Crippen LogP contribution in [0.3, 0.4) is 0 Å². The van der Waals surface area contributed by atoms with Crippen LogP contribution in [0.2, 0.25) is 0 Å². The number of carboxylic acid groups (broad SMARTS) is 1. The second-order valence-corrected chi connectivity index (χ2v) is 5.32. The Labute approximate surface area is 122 Å². The number of H-pyrrole nitrogens is 1. The minimum absolute atomic E-state index is 0.0346. The molecule has 1 atom stereocenters. The molecule has 0 aliphatic carbocycles. The number of hydrogen-bond donors (Lipinski definition) is 2. The first-order chi connectivity index (χ1) is 10.1. The van der Waals surface area contributed by atoms with Gasteiger partial charge in [0.15, 0.2) is 0 Å². The molecule has 0 saturated heterocycles. The molecule has 2 N–H and O–H groups in total. The number of aromatic amines is 1. The number of hydrogen-bond acceptors (Lipinski definition) is 2. The fourth-order valence-corrected chi connectivity index (χ4v) is 2.89. The van der Waals surface area contributed by atoms with Gasteiger partial charge in [-0.2, -0.15) is 0 Å². The van der Waals surface area contributed by atoms with E-state index in [9.17, 15) is 9.59 Å². The van der Waals surface area contributed by atoms with Gasteiger partial charge >= 0.3 is 5.97 Å².